The van der Waals surface area contributed by atoms with Crippen molar-refractivity contribution in [2.75, 3.05) is 0 Å². The molecule has 2 unspecified atom stereocenters. The number of rotatable bonds is 3. The van der Waals surface area contributed by atoms with Gasteiger partial charge < -0.3 is 10.0 Å². The van der Waals surface area contributed by atoms with Gasteiger partial charge >= 0.3 is 0 Å². The monoisotopic (exact) mass is 157 g/mol. The summed E-state index contributed by atoms with van der Waals surface area (Å²) in [5.74, 6) is 0. The standard InChI is InChI=1S/C8H15NO2/c1-2-7-3-4-8(5-6-10)9(7)11/h6-8,11H,2-5H2,1H3. The van der Waals surface area contributed by atoms with E-state index in [-0.39, 0.29) is 12.1 Å². The first-order valence-electron chi connectivity index (χ1n) is 4.20. The number of hydrogen-bond acceptors (Lipinski definition) is 3. The third kappa shape index (κ3) is 1.79. The van der Waals surface area contributed by atoms with Crippen LogP contribution in [-0.4, -0.2) is 28.6 Å². The van der Waals surface area contributed by atoms with E-state index in [2.05, 4.69) is 6.92 Å². The van der Waals surface area contributed by atoms with Gasteiger partial charge in [-0.15, -0.1) is 0 Å². The first kappa shape index (κ1) is 8.68. The Hall–Kier alpha value is -0.410. The molecule has 1 N–H and O–H groups in total. The molecule has 0 aliphatic carbocycles. The largest absolute Gasteiger partial charge is 0.313 e. The highest BCUT2D eigenvalue weighted by molar-refractivity contribution is 5.50. The van der Waals surface area contributed by atoms with Gasteiger partial charge in [-0.25, -0.2) is 0 Å². The maximum atomic E-state index is 10.2. The lowest BCUT2D eigenvalue weighted by molar-refractivity contribution is -0.139. The van der Waals surface area contributed by atoms with Crippen LogP contribution in [0.5, 0.6) is 0 Å². The molecular weight excluding hydrogens is 142 g/mol. The van der Waals surface area contributed by atoms with E-state index in [1.807, 2.05) is 0 Å². The Kier molecular flexibility index (Phi) is 3.02. The lowest BCUT2D eigenvalue weighted by Crippen LogP contribution is -2.32. The number of hydrogen-bond donors (Lipinski definition) is 1. The Balaban J connectivity index is 2.41. The van der Waals surface area contributed by atoms with E-state index in [0.717, 1.165) is 25.5 Å². The van der Waals surface area contributed by atoms with E-state index in [1.165, 1.54) is 5.06 Å². The molecule has 1 aliphatic heterocycles. The van der Waals surface area contributed by atoms with Crippen LogP contribution >= 0.6 is 0 Å². The topological polar surface area (TPSA) is 40.5 Å². The normalized spacial score (nSPS) is 32.5. The van der Waals surface area contributed by atoms with E-state index in [4.69, 9.17) is 0 Å². The zero-order valence-electron chi connectivity index (χ0n) is 6.86. The summed E-state index contributed by atoms with van der Waals surface area (Å²) in [7, 11) is 0. The number of hydroxylamine groups is 2. The molecule has 0 saturated carbocycles. The third-order valence-electron chi connectivity index (χ3n) is 2.42. The van der Waals surface area contributed by atoms with Gasteiger partial charge in [-0.1, -0.05) is 6.92 Å². The smallest absolute Gasteiger partial charge is 0.121 e. The molecule has 1 saturated heterocycles. The van der Waals surface area contributed by atoms with Crippen LogP contribution in [0.4, 0.5) is 0 Å². The molecule has 0 aromatic carbocycles. The zero-order chi connectivity index (χ0) is 8.27. The molecule has 1 aliphatic rings. The molecule has 11 heavy (non-hydrogen) atoms. The summed E-state index contributed by atoms with van der Waals surface area (Å²) in [6, 6.07) is 0.359. The van der Waals surface area contributed by atoms with E-state index >= 15 is 0 Å². The van der Waals surface area contributed by atoms with Gasteiger partial charge in [0.2, 0.25) is 0 Å². The van der Waals surface area contributed by atoms with Crippen LogP contribution in [-0.2, 0) is 4.79 Å². The average molecular weight is 157 g/mol. The van der Waals surface area contributed by atoms with Crippen molar-refractivity contribution < 1.29 is 10.0 Å². The number of nitrogens with zero attached hydrogens (tertiary/aromatic N) is 1. The highest BCUT2D eigenvalue weighted by Crippen LogP contribution is 2.25. The summed E-state index contributed by atoms with van der Waals surface area (Å²) in [5, 5.41) is 10.8. The van der Waals surface area contributed by atoms with Crippen molar-refractivity contribution >= 4 is 6.29 Å². The quantitative estimate of drug-likeness (QED) is 0.626. The second-order valence-corrected chi connectivity index (χ2v) is 3.08. The molecule has 64 valence electrons. The summed E-state index contributed by atoms with van der Waals surface area (Å²) < 4.78 is 0. The maximum absolute atomic E-state index is 10.2. The highest BCUT2D eigenvalue weighted by atomic mass is 16.5. The second kappa shape index (κ2) is 3.83. The minimum absolute atomic E-state index is 0.0810. The molecule has 0 bridgehead atoms. The van der Waals surface area contributed by atoms with E-state index in [9.17, 15) is 10.0 Å². The summed E-state index contributed by atoms with van der Waals surface area (Å²) in [6.45, 7) is 2.05. The fraction of sp³-hybridized carbons (Fsp3) is 0.875. The average Bonchev–Trinajstić information content (AvgIpc) is 2.34. The van der Waals surface area contributed by atoms with Crippen molar-refractivity contribution in [2.24, 2.45) is 0 Å². The fourth-order valence-electron chi connectivity index (χ4n) is 1.68. The fourth-order valence-corrected chi connectivity index (χ4v) is 1.68. The van der Waals surface area contributed by atoms with Gasteiger partial charge in [-0.2, -0.15) is 5.06 Å². The molecule has 1 fully saturated rings. The lowest BCUT2D eigenvalue weighted by atomic mass is 10.1. The van der Waals surface area contributed by atoms with Gasteiger partial charge in [-0.05, 0) is 19.3 Å². The van der Waals surface area contributed by atoms with E-state index in [0.29, 0.717) is 6.42 Å². The minimum atomic E-state index is 0.0810. The Labute approximate surface area is 67.0 Å². The second-order valence-electron chi connectivity index (χ2n) is 3.08. The molecular formula is C8H15NO2. The molecule has 1 rings (SSSR count). The van der Waals surface area contributed by atoms with Crippen LogP contribution in [0.3, 0.4) is 0 Å². The van der Waals surface area contributed by atoms with Gasteiger partial charge in [0.25, 0.3) is 0 Å². The van der Waals surface area contributed by atoms with Crippen molar-refractivity contribution in [1.29, 1.82) is 0 Å². The molecule has 0 spiro atoms. The first-order valence-corrected chi connectivity index (χ1v) is 4.20. The molecule has 2 atom stereocenters. The summed E-state index contributed by atoms with van der Waals surface area (Å²) in [6.07, 6.45) is 4.28. The van der Waals surface area contributed by atoms with Crippen molar-refractivity contribution in [2.45, 2.75) is 44.7 Å². The van der Waals surface area contributed by atoms with E-state index < -0.39 is 0 Å². The SMILES string of the molecule is CCC1CCC(CC=O)N1O. The predicted octanol–water partition coefficient (Wildman–Crippen LogP) is 1.21. The highest BCUT2D eigenvalue weighted by Gasteiger charge is 2.30. The van der Waals surface area contributed by atoms with Crippen LogP contribution in [0.25, 0.3) is 0 Å². The van der Waals surface area contributed by atoms with E-state index in [1.54, 1.807) is 0 Å². The van der Waals surface area contributed by atoms with Crippen molar-refractivity contribution in [3.05, 3.63) is 0 Å². The summed E-state index contributed by atoms with van der Waals surface area (Å²) in [5.41, 5.74) is 0. The van der Waals surface area contributed by atoms with Gasteiger partial charge in [0, 0.05) is 18.5 Å². The van der Waals surface area contributed by atoms with Crippen LogP contribution in [0.15, 0.2) is 0 Å². The number of carbonyl (C=O) groups excluding carboxylic acids is 1. The van der Waals surface area contributed by atoms with Gasteiger partial charge in [0.05, 0.1) is 0 Å². The minimum Gasteiger partial charge on any atom is -0.313 e. The summed E-state index contributed by atoms with van der Waals surface area (Å²) in [4.78, 5) is 10.2. The molecule has 0 amide bonds. The number of aldehydes is 1. The summed E-state index contributed by atoms with van der Waals surface area (Å²) >= 11 is 0. The number of carbonyl (C=O) groups is 1. The third-order valence-corrected chi connectivity index (χ3v) is 2.42. The van der Waals surface area contributed by atoms with Crippen molar-refractivity contribution in [3.8, 4) is 0 Å². The van der Waals surface area contributed by atoms with Crippen molar-refractivity contribution in [3.63, 3.8) is 0 Å². The molecule has 0 aromatic rings. The van der Waals surface area contributed by atoms with Crippen molar-refractivity contribution in [1.82, 2.24) is 5.06 Å². The molecule has 3 nitrogen and oxygen atoms in total. The van der Waals surface area contributed by atoms with Crippen LogP contribution in [0, 0.1) is 0 Å². The van der Waals surface area contributed by atoms with Crippen LogP contribution < -0.4 is 0 Å². The molecule has 0 aromatic heterocycles. The van der Waals surface area contributed by atoms with Gasteiger partial charge in [-0.3, -0.25) is 0 Å². The Bertz CT molecular complexity index is 138. The first-order chi connectivity index (χ1) is 5.29. The Morgan fingerprint density at radius 2 is 2.18 bits per heavy atom. The Morgan fingerprint density at radius 1 is 1.55 bits per heavy atom. The maximum Gasteiger partial charge on any atom is 0.121 e. The van der Waals surface area contributed by atoms with Gasteiger partial charge in [0.1, 0.15) is 6.29 Å². The zero-order valence-corrected chi connectivity index (χ0v) is 6.86. The van der Waals surface area contributed by atoms with Crippen LogP contribution in [0.2, 0.25) is 0 Å². The lowest BCUT2D eigenvalue weighted by Gasteiger charge is -2.20. The predicted molar refractivity (Wildman–Crippen MR) is 41.4 cm³/mol. The Morgan fingerprint density at radius 3 is 2.64 bits per heavy atom. The molecule has 0 radical (unpaired) electrons. The molecule has 3 heteroatoms. The van der Waals surface area contributed by atoms with Gasteiger partial charge in [0.15, 0.2) is 0 Å². The molecule has 1 heterocycles. The van der Waals surface area contributed by atoms with Crippen LogP contribution in [0.1, 0.15) is 32.6 Å².